The molecule has 0 saturated carbocycles. The highest BCUT2D eigenvalue weighted by Gasteiger charge is 2.23. The Kier molecular flexibility index (Phi) is 4.66. The average molecular weight is 305 g/mol. The number of carboxylic acid groups (broad SMARTS) is 1. The Morgan fingerprint density at radius 3 is 3.11 bits per heavy atom. The third-order valence-corrected chi connectivity index (χ3v) is 3.52. The van der Waals surface area contributed by atoms with E-state index in [1.165, 1.54) is 11.1 Å². The fourth-order valence-corrected chi connectivity index (χ4v) is 2.41. The van der Waals surface area contributed by atoms with E-state index in [1.807, 2.05) is 0 Å². The summed E-state index contributed by atoms with van der Waals surface area (Å²) in [5.41, 5.74) is 0. The first kappa shape index (κ1) is 14.1. The number of anilines is 1. The van der Waals surface area contributed by atoms with Gasteiger partial charge in [0.2, 0.25) is 5.28 Å². The van der Waals surface area contributed by atoms with Gasteiger partial charge in [0.25, 0.3) is 0 Å². The van der Waals surface area contributed by atoms with Gasteiger partial charge in [-0.1, -0.05) is 11.6 Å². The van der Waals surface area contributed by atoms with Crippen molar-refractivity contribution in [3.63, 3.8) is 0 Å². The van der Waals surface area contributed by atoms with Gasteiger partial charge < -0.3 is 15.3 Å². The van der Waals surface area contributed by atoms with E-state index >= 15 is 0 Å². The lowest BCUT2D eigenvalue weighted by Gasteiger charge is -2.30. The van der Waals surface area contributed by atoms with E-state index in [-0.39, 0.29) is 11.2 Å². The number of aromatic nitrogens is 2. The molecule has 6 nitrogen and oxygen atoms in total. The summed E-state index contributed by atoms with van der Waals surface area (Å²) in [6, 6.07) is 0. The molecule has 0 spiro atoms. The van der Waals surface area contributed by atoms with Crippen LogP contribution in [0.15, 0.2) is 6.20 Å². The number of carbonyl (C=O) groups is 1. The maximum Gasteiger partial charge on any atom is 0.407 e. The van der Waals surface area contributed by atoms with Gasteiger partial charge in [-0.15, -0.1) is 0 Å². The quantitative estimate of drug-likeness (QED) is 0.839. The molecule has 8 heteroatoms. The SMILES string of the molecule is O=C(O)N1CCC[C@H](CNc2nc(Cl)ncc2Cl)C1. The third-order valence-electron chi connectivity index (χ3n) is 3.06. The number of likely N-dealkylation sites (tertiary alicyclic amines) is 1. The molecule has 1 saturated heterocycles. The minimum atomic E-state index is -0.868. The molecule has 0 radical (unpaired) electrons. The second kappa shape index (κ2) is 6.25. The zero-order valence-corrected chi connectivity index (χ0v) is 11.7. The summed E-state index contributed by atoms with van der Waals surface area (Å²) in [7, 11) is 0. The van der Waals surface area contributed by atoms with Crippen molar-refractivity contribution in [3.8, 4) is 0 Å². The van der Waals surface area contributed by atoms with E-state index in [2.05, 4.69) is 15.3 Å². The summed E-state index contributed by atoms with van der Waals surface area (Å²) in [5.74, 6) is 0.726. The molecule has 0 aromatic carbocycles. The van der Waals surface area contributed by atoms with Crippen LogP contribution in [0.25, 0.3) is 0 Å². The van der Waals surface area contributed by atoms with Gasteiger partial charge in [0.05, 0.1) is 6.20 Å². The number of hydrogen-bond acceptors (Lipinski definition) is 4. The molecule has 104 valence electrons. The minimum Gasteiger partial charge on any atom is -0.465 e. The van der Waals surface area contributed by atoms with Crippen molar-refractivity contribution in [1.29, 1.82) is 0 Å². The van der Waals surface area contributed by atoms with Crippen molar-refractivity contribution in [1.82, 2.24) is 14.9 Å². The summed E-state index contributed by atoms with van der Waals surface area (Å²) in [6.07, 6.45) is 2.42. The van der Waals surface area contributed by atoms with E-state index in [0.29, 0.717) is 30.5 Å². The monoisotopic (exact) mass is 304 g/mol. The molecule has 1 atom stereocenters. The fourth-order valence-electron chi connectivity index (χ4n) is 2.12. The van der Waals surface area contributed by atoms with Gasteiger partial charge in [-0.05, 0) is 30.4 Å². The first-order valence-electron chi connectivity index (χ1n) is 5.96. The first-order chi connectivity index (χ1) is 9.06. The number of piperidine rings is 1. The number of hydrogen-bond donors (Lipinski definition) is 2. The standard InChI is InChI=1S/C11H14Cl2N4O2/c12-8-5-15-10(13)16-9(8)14-4-7-2-1-3-17(6-7)11(18)19/h5,7H,1-4,6H2,(H,18,19)(H,14,15,16)/t7-/m1/s1. The molecule has 1 aliphatic heterocycles. The highest BCUT2D eigenvalue weighted by molar-refractivity contribution is 6.33. The van der Waals surface area contributed by atoms with Crippen LogP contribution in [0, 0.1) is 5.92 Å². The summed E-state index contributed by atoms with van der Waals surface area (Å²) >= 11 is 11.6. The fraction of sp³-hybridized carbons (Fsp3) is 0.545. The summed E-state index contributed by atoms with van der Waals surface area (Å²) in [4.78, 5) is 20.1. The van der Waals surface area contributed by atoms with Gasteiger partial charge in [-0.2, -0.15) is 4.98 Å². The number of amides is 1. The Balaban J connectivity index is 1.91. The van der Waals surface area contributed by atoms with E-state index in [1.54, 1.807) is 0 Å². The third kappa shape index (κ3) is 3.84. The Hall–Kier alpha value is -1.27. The van der Waals surface area contributed by atoms with E-state index in [0.717, 1.165) is 12.8 Å². The lowest BCUT2D eigenvalue weighted by atomic mass is 9.98. The minimum absolute atomic E-state index is 0.128. The van der Waals surface area contributed by atoms with Crippen LogP contribution >= 0.6 is 23.2 Å². The second-order valence-corrected chi connectivity index (χ2v) is 5.20. The Labute approximate surface area is 120 Å². The predicted octanol–water partition coefficient (Wildman–Crippen LogP) is 2.59. The van der Waals surface area contributed by atoms with Crippen molar-refractivity contribution >= 4 is 35.1 Å². The van der Waals surface area contributed by atoms with Gasteiger partial charge >= 0.3 is 6.09 Å². The number of nitrogens with one attached hydrogen (secondary N) is 1. The molecule has 1 aromatic heterocycles. The molecule has 1 aromatic rings. The Morgan fingerprint density at radius 2 is 2.37 bits per heavy atom. The normalized spacial score (nSPS) is 19.3. The topological polar surface area (TPSA) is 78.4 Å². The largest absolute Gasteiger partial charge is 0.465 e. The molecule has 0 aliphatic carbocycles. The van der Waals surface area contributed by atoms with Crippen LogP contribution < -0.4 is 5.32 Å². The van der Waals surface area contributed by atoms with E-state index in [9.17, 15) is 4.79 Å². The molecule has 2 heterocycles. The Morgan fingerprint density at radius 1 is 1.58 bits per heavy atom. The Bertz CT molecular complexity index is 472. The highest BCUT2D eigenvalue weighted by Crippen LogP contribution is 2.22. The molecule has 1 fully saturated rings. The highest BCUT2D eigenvalue weighted by atomic mass is 35.5. The van der Waals surface area contributed by atoms with Crippen LogP contribution in [0.5, 0.6) is 0 Å². The van der Waals surface area contributed by atoms with Crippen LogP contribution in [0.1, 0.15) is 12.8 Å². The van der Waals surface area contributed by atoms with Crippen molar-refractivity contribution < 1.29 is 9.90 Å². The molecule has 2 N–H and O–H groups in total. The summed E-state index contributed by atoms with van der Waals surface area (Å²) < 4.78 is 0. The van der Waals surface area contributed by atoms with Crippen LogP contribution in [-0.4, -0.2) is 45.7 Å². The number of halogens is 2. The van der Waals surface area contributed by atoms with E-state index in [4.69, 9.17) is 28.3 Å². The van der Waals surface area contributed by atoms with Gasteiger partial charge in [-0.3, -0.25) is 0 Å². The zero-order valence-electron chi connectivity index (χ0n) is 10.1. The van der Waals surface area contributed by atoms with E-state index < -0.39 is 6.09 Å². The van der Waals surface area contributed by atoms with Crippen LogP contribution in [0.2, 0.25) is 10.3 Å². The molecule has 1 amide bonds. The van der Waals surface area contributed by atoms with Gasteiger partial charge in [0, 0.05) is 19.6 Å². The van der Waals surface area contributed by atoms with Gasteiger partial charge in [0.1, 0.15) is 10.8 Å². The maximum atomic E-state index is 10.9. The van der Waals surface area contributed by atoms with Gasteiger partial charge in [0.15, 0.2) is 0 Å². The number of nitrogens with zero attached hydrogens (tertiary/aromatic N) is 3. The molecule has 19 heavy (non-hydrogen) atoms. The first-order valence-corrected chi connectivity index (χ1v) is 6.71. The average Bonchev–Trinajstić information content (AvgIpc) is 2.40. The summed E-state index contributed by atoms with van der Waals surface area (Å²) in [5, 5.41) is 12.6. The number of rotatable bonds is 3. The smallest absolute Gasteiger partial charge is 0.407 e. The molecule has 0 unspecified atom stereocenters. The molecular formula is C11H14Cl2N4O2. The van der Waals surface area contributed by atoms with Crippen LogP contribution in [0.3, 0.4) is 0 Å². The zero-order chi connectivity index (χ0) is 13.8. The lowest BCUT2D eigenvalue weighted by Crippen LogP contribution is -2.41. The van der Waals surface area contributed by atoms with Crippen LogP contribution in [-0.2, 0) is 0 Å². The van der Waals surface area contributed by atoms with Gasteiger partial charge in [-0.25, -0.2) is 9.78 Å². The van der Waals surface area contributed by atoms with Crippen molar-refractivity contribution in [3.05, 3.63) is 16.5 Å². The summed E-state index contributed by atoms with van der Waals surface area (Å²) in [6.45, 7) is 1.74. The molecule has 0 bridgehead atoms. The predicted molar refractivity (Wildman–Crippen MR) is 72.9 cm³/mol. The maximum absolute atomic E-state index is 10.9. The van der Waals surface area contributed by atoms with Crippen molar-refractivity contribution in [2.75, 3.05) is 25.0 Å². The molecular weight excluding hydrogens is 291 g/mol. The van der Waals surface area contributed by atoms with Crippen LogP contribution in [0.4, 0.5) is 10.6 Å². The molecule has 2 rings (SSSR count). The second-order valence-electron chi connectivity index (χ2n) is 4.45. The molecule has 1 aliphatic rings. The van der Waals surface area contributed by atoms with Crippen molar-refractivity contribution in [2.24, 2.45) is 5.92 Å². The van der Waals surface area contributed by atoms with Crippen molar-refractivity contribution in [2.45, 2.75) is 12.8 Å². The lowest BCUT2D eigenvalue weighted by molar-refractivity contribution is 0.122.